The van der Waals surface area contributed by atoms with Crippen molar-refractivity contribution in [3.63, 3.8) is 0 Å². The fourth-order valence-corrected chi connectivity index (χ4v) is 2.41. The molecule has 0 aliphatic rings. The number of nitrogens with one attached hydrogen (secondary N) is 1. The van der Waals surface area contributed by atoms with Crippen molar-refractivity contribution < 1.29 is 13.9 Å². The zero-order valence-corrected chi connectivity index (χ0v) is 14.2. The summed E-state index contributed by atoms with van der Waals surface area (Å²) < 4.78 is 10.7. The van der Waals surface area contributed by atoms with Gasteiger partial charge >= 0.3 is 0 Å². The van der Waals surface area contributed by atoms with Gasteiger partial charge < -0.3 is 14.5 Å². The van der Waals surface area contributed by atoms with Crippen molar-refractivity contribution in [1.29, 1.82) is 0 Å². The van der Waals surface area contributed by atoms with Crippen molar-refractivity contribution in [3.05, 3.63) is 65.5 Å². The number of benzene rings is 2. The molecule has 6 heteroatoms. The topological polar surface area (TPSA) is 77.2 Å². The third-order valence-electron chi connectivity index (χ3n) is 3.80. The Labute approximate surface area is 145 Å². The molecule has 3 aromatic rings. The number of amides is 1. The van der Waals surface area contributed by atoms with Gasteiger partial charge in [-0.25, -0.2) is 0 Å². The van der Waals surface area contributed by atoms with Crippen LogP contribution in [0.1, 0.15) is 17.0 Å². The Hall–Kier alpha value is -3.15. The largest absolute Gasteiger partial charge is 0.497 e. The Kier molecular flexibility index (Phi) is 5.09. The van der Waals surface area contributed by atoms with E-state index in [0.717, 1.165) is 22.4 Å². The molecular formula is C19H19N3O3. The third kappa shape index (κ3) is 4.23. The lowest BCUT2D eigenvalue weighted by Crippen LogP contribution is -2.24. The van der Waals surface area contributed by atoms with E-state index in [9.17, 15) is 4.79 Å². The summed E-state index contributed by atoms with van der Waals surface area (Å²) in [5, 5.41) is 10.8. The average molecular weight is 337 g/mol. The van der Waals surface area contributed by atoms with E-state index in [1.807, 2.05) is 55.5 Å². The first kappa shape index (κ1) is 16.7. The summed E-state index contributed by atoms with van der Waals surface area (Å²) >= 11 is 0. The van der Waals surface area contributed by atoms with Crippen LogP contribution in [-0.4, -0.2) is 23.2 Å². The predicted molar refractivity (Wildman–Crippen MR) is 93.0 cm³/mol. The van der Waals surface area contributed by atoms with E-state index in [-0.39, 0.29) is 18.9 Å². The number of aromatic nitrogens is 2. The van der Waals surface area contributed by atoms with Gasteiger partial charge in [-0.15, -0.1) is 10.2 Å². The highest BCUT2D eigenvalue weighted by Gasteiger charge is 2.11. The lowest BCUT2D eigenvalue weighted by atomic mass is 10.1. The fraction of sp³-hybridized carbons (Fsp3) is 0.211. The van der Waals surface area contributed by atoms with Crippen LogP contribution >= 0.6 is 0 Å². The Morgan fingerprint density at radius 3 is 2.60 bits per heavy atom. The van der Waals surface area contributed by atoms with Gasteiger partial charge in [0.2, 0.25) is 17.7 Å². The van der Waals surface area contributed by atoms with Gasteiger partial charge in [0.15, 0.2) is 0 Å². The molecule has 0 bridgehead atoms. The van der Waals surface area contributed by atoms with E-state index in [2.05, 4.69) is 15.5 Å². The van der Waals surface area contributed by atoms with Crippen molar-refractivity contribution in [2.75, 3.05) is 7.11 Å². The van der Waals surface area contributed by atoms with Crippen LogP contribution < -0.4 is 10.1 Å². The van der Waals surface area contributed by atoms with Crippen LogP contribution in [0.25, 0.3) is 11.5 Å². The van der Waals surface area contributed by atoms with E-state index < -0.39 is 0 Å². The molecule has 0 aliphatic carbocycles. The van der Waals surface area contributed by atoms with E-state index in [4.69, 9.17) is 9.15 Å². The number of carbonyl (C=O) groups excluding carboxylic acids is 1. The SMILES string of the molecule is COc1ccc(CC(=O)NCc2nnc(-c3ccccc3C)o2)cc1. The molecule has 0 atom stereocenters. The number of hydrogen-bond acceptors (Lipinski definition) is 5. The molecule has 0 radical (unpaired) electrons. The maximum absolute atomic E-state index is 12.0. The molecule has 0 spiro atoms. The fourth-order valence-electron chi connectivity index (χ4n) is 2.41. The Morgan fingerprint density at radius 1 is 1.12 bits per heavy atom. The zero-order chi connectivity index (χ0) is 17.6. The number of rotatable bonds is 6. The standard InChI is InChI=1S/C19H19N3O3/c1-13-5-3-4-6-16(13)19-22-21-18(25-19)12-20-17(23)11-14-7-9-15(24-2)10-8-14/h3-10H,11-12H2,1-2H3,(H,20,23). The summed E-state index contributed by atoms with van der Waals surface area (Å²) in [6.45, 7) is 2.18. The summed E-state index contributed by atoms with van der Waals surface area (Å²) in [5.41, 5.74) is 2.86. The maximum atomic E-state index is 12.0. The second-order valence-corrected chi connectivity index (χ2v) is 5.62. The van der Waals surface area contributed by atoms with Crippen molar-refractivity contribution >= 4 is 5.91 Å². The number of methoxy groups -OCH3 is 1. The van der Waals surface area contributed by atoms with Gasteiger partial charge in [0.25, 0.3) is 0 Å². The predicted octanol–water partition coefficient (Wildman–Crippen LogP) is 2.91. The molecule has 3 rings (SSSR count). The molecule has 6 nitrogen and oxygen atoms in total. The van der Waals surface area contributed by atoms with Crippen molar-refractivity contribution in [2.45, 2.75) is 19.9 Å². The van der Waals surface area contributed by atoms with Crippen molar-refractivity contribution in [1.82, 2.24) is 15.5 Å². The summed E-state index contributed by atoms with van der Waals surface area (Å²) in [6.07, 6.45) is 0.281. The molecule has 0 saturated carbocycles. The average Bonchev–Trinajstić information content (AvgIpc) is 3.10. The van der Waals surface area contributed by atoms with Gasteiger partial charge in [-0.1, -0.05) is 30.3 Å². The Morgan fingerprint density at radius 2 is 1.88 bits per heavy atom. The van der Waals surface area contributed by atoms with Gasteiger partial charge in [-0.3, -0.25) is 4.79 Å². The van der Waals surface area contributed by atoms with Gasteiger partial charge in [-0.05, 0) is 36.2 Å². The first-order valence-corrected chi connectivity index (χ1v) is 7.93. The third-order valence-corrected chi connectivity index (χ3v) is 3.80. The summed E-state index contributed by atoms with van der Waals surface area (Å²) in [7, 11) is 1.61. The number of carbonyl (C=O) groups is 1. The zero-order valence-electron chi connectivity index (χ0n) is 14.2. The number of hydrogen-bond donors (Lipinski definition) is 1. The van der Waals surface area contributed by atoms with Crippen molar-refractivity contribution in [3.8, 4) is 17.2 Å². The minimum Gasteiger partial charge on any atom is -0.497 e. The highest BCUT2D eigenvalue weighted by atomic mass is 16.5. The van der Waals surface area contributed by atoms with Crippen LogP contribution in [0.15, 0.2) is 52.9 Å². The first-order chi connectivity index (χ1) is 12.2. The minimum absolute atomic E-state index is 0.110. The van der Waals surface area contributed by atoms with Crippen molar-refractivity contribution in [2.24, 2.45) is 0 Å². The quantitative estimate of drug-likeness (QED) is 0.748. The van der Waals surface area contributed by atoms with Crippen LogP contribution in [0.3, 0.4) is 0 Å². The molecule has 0 saturated heterocycles. The number of ether oxygens (including phenoxy) is 1. The molecule has 25 heavy (non-hydrogen) atoms. The van der Waals surface area contributed by atoms with E-state index in [1.54, 1.807) is 7.11 Å². The maximum Gasteiger partial charge on any atom is 0.248 e. The molecule has 2 aromatic carbocycles. The highest BCUT2D eigenvalue weighted by Crippen LogP contribution is 2.21. The summed E-state index contributed by atoms with van der Waals surface area (Å²) in [4.78, 5) is 12.0. The highest BCUT2D eigenvalue weighted by molar-refractivity contribution is 5.78. The van der Waals surface area contributed by atoms with E-state index >= 15 is 0 Å². The van der Waals surface area contributed by atoms with Crippen LogP contribution in [-0.2, 0) is 17.8 Å². The second-order valence-electron chi connectivity index (χ2n) is 5.62. The second kappa shape index (κ2) is 7.61. The summed E-state index contributed by atoms with van der Waals surface area (Å²) in [5.74, 6) is 1.48. The van der Waals surface area contributed by atoms with Crippen LogP contribution in [0.5, 0.6) is 5.75 Å². The number of nitrogens with zero attached hydrogens (tertiary/aromatic N) is 2. The number of aryl methyl sites for hydroxylation is 1. The molecular weight excluding hydrogens is 318 g/mol. The smallest absolute Gasteiger partial charge is 0.248 e. The molecule has 1 aromatic heterocycles. The Balaban J connectivity index is 1.56. The van der Waals surface area contributed by atoms with Gasteiger partial charge in [-0.2, -0.15) is 0 Å². The van der Waals surface area contributed by atoms with E-state index in [0.29, 0.717) is 11.8 Å². The lowest BCUT2D eigenvalue weighted by molar-refractivity contribution is -0.120. The molecule has 1 heterocycles. The molecule has 1 N–H and O–H groups in total. The van der Waals surface area contributed by atoms with Crippen LogP contribution in [0.4, 0.5) is 0 Å². The normalized spacial score (nSPS) is 10.5. The summed E-state index contributed by atoms with van der Waals surface area (Å²) in [6, 6.07) is 15.2. The molecule has 0 unspecified atom stereocenters. The molecule has 0 fully saturated rings. The van der Waals surface area contributed by atoms with Gasteiger partial charge in [0, 0.05) is 5.56 Å². The van der Waals surface area contributed by atoms with Gasteiger partial charge in [0.1, 0.15) is 5.75 Å². The van der Waals surface area contributed by atoms with E-state index in [1.165, 1.54) is 0 Å². The Bertz CT molecular complexity index is 856. The molecule has 128 valence electrons. The van der Waals surface area contributed by atoms with Gasteiger partial charge in [0.05, 0.1) is 20.1 Å². The molecule has 1 amide bonds. The first-order valence-electron chi connectivity index (χ1n) is 7.93. The minimum atomic E-state index is -0.110. The van der Waals surface area contributed by atoms with Crippen LogP contribution in [0.2, 0.25) is 0 Å². The monoisotopic (exact) mass is 337 g/mol. The lowest BCUT2D eigenvalue weighted by Gasteiger charge is -2.04. The molecule has 0 aliphatic heterocycles. The van der Waals surface area contributed by atoms with Crippen LogP contribution in [0, 0.1) is 6.92 Å².